The molecule has 0 aromatic carbocycles. The van der Waals surface area contributed by atoms with Crippen molar-refractivity contribution < 1.29 is 0 Å². The van der Waals surface area contributed by atoms with Gasteiger partial charge in [-0.15, -0.1) is 0 Å². The van der Waals surface area contributed by atoms with Crippen LogP contribution in [-0.2, 0) is 0 Å². The summed E-state index contributed by atoms with van der Waals surface area (Å²) in [6, 6.07) is 0. The highest BCUT2D eigenvalue weighted by molar-refractivity contribution is 7.62. The molecule has 2 heteroatoms. The zero-order chi connectivity index (χ0) is 20.6. The molecule has 0 saturated heterocycles. The minimum absolute atomic E-state index is 0.00612. The first-order chi connectivity index (χ1) is 11.4. The average Bonchev–Trinajstić information content (AvgIpc) is 2.39. The van der Waals surface area contributed by atoms with Gasteiger partial charge >= 0.3 is 0 Å². The van der Waals surface area contributed by atoms with Gasteiger partial charge < -0.3 is 0 Å². The van der Waals surface area contributed by atoms with Gasteiger partial charge in [-0.1, -0.05) is 118 Å². The molecule has 0 aromatic heterocycles. The summed E-state index contributed by atoms with van der Waals surface area (Å²) in [5, 5.41) is 1.79. The number of hydrogen-bond acceptors (Lipinski definition) is 0. The van der Waals surface area contributed by atoms with E-state index in [9.17, 15) is 0 Å². The second kappa shape index (κ2) is 8.31. The summed E-state index contributed by atoms with van der Waals surface area (Å²) in [6.45, 7) is 30.1. The molecule has 1 saturated carbocycles. The van der Waals surface area contributed by atoms with Crippen molar-refractivity contribution >= 4 is 15.8 Å². The van der Waals surface area contributed by atoms with Gasteiger partial charge in [0.25, 0.3) is 0 Å². The van der Waals surface area contributed by atoms with Crippen molar-refractivity contribution in [1.29, 1.82) is 0 Å². The van der Waals surface area contributed by atoms with Crippen LogP contribution in [-0.4, -0.2) is 32.9 Å². The molecule has 0 aromatic rings. The molecule has 26 heavy (non-hydrogen) atoms. The summed E-state index contributed by atoms with van der Waals surface area (Å²) in [5.41, 5.74) is 0.608. The molecule has 0 heterocycles. The molecule has 0 amide bonds. The van der Waals surface area contributed by atoms with Crippen molar-refractivity contribution in [3.8, 4) is 0 Å². The molecular formula is C24H50P2. The van der Waals surface area contributed by atoms with E-state index in [1.54, 1.807) is 0 Å². The van der Waals surface area contributed by atoms with E-state index in [0.29, 0.717) is 26.0 Å². The second-order valence-corrected chi connectivity index (χ2v) is 20.6. The molecule has 0 nitrogen and oxygen atoms in total. The average molecular weight is 401 g/mol. The summed E-state index contributed by atoms with van der Waals surface area (Å²) in [4.78, 5) is 0. The van der Waals surface area contributed by atoms with Crippen LogP contribution in [0.4, 0.5) is 0 Å². The maximum Gasteiger partial charge on any atom is -0.0174 e. The van der Waals surface area contributed by atoms with Gasteiger partial charge in [0.2, 0.25) is 0 Å². The molecular weight excluding hydrogens is 350 g/mol. The molecule has 0 spiro atoms. The molecule has 0 bridgehead atoms. The Kier molecular flexibility index (Phi) is 7.96. The molecule has 1 fully saturated rings. The van der Waals surface area contributed by atoms with Crippen LogP contribution in [0.15, 0.2) is 0 Å². The Bertz CT molecular complexity index is 367. The lowest BCUT2D eigenvalue weighted by Crippen LogP contribution is -2.40. The third-order valence-electron chi connectivity index (χ3n) is 6.14. The first-order valence-corrected chi connectivity index (χ1v) is 14.0. The lowest BCUT2D eigenvalue weighted by Gasteiger charge is -2.53. The van der Waals surface area contributed by atoms with E-state index in [1.807, 2.05) is 0 Å². The fourth-order valence-electron chi connectivity index (χ4n) is 5.30. The van der Waals surface area contributed by atoms with E-state index < -0.39 is 0 Å². The van der Waals surface area contributed by atoms with E-state index in [-0.39, 0.29) is 15.8 Å². The third-order valence-corrected chi connectivity index (χ3v) is 14.6. The van der Waals surface area contributed by atoms with E-state index in [1.165, 1.54) is 44.4 Å². The van der Waals surface area contributed by atoms with E-state index >= 15 is 0 Å². The Morgan fingerprint density at radius 1 is 0.500 bits per heavy atom. The highest BCUT2D eigenvalue weighted by Crippen LogP contribution is 2.68. The Hall–Kier alpha value is 0.860. The molecule has 0 aliphatic heterocycles. The monoisotopic (exact) mass is 400 g/mol. The first kappa shape index (κ1) is 24.9. The van der Waals surface area contributed by atoms with Gasteiger partial charge in [0, 0.05) is 0 Å². The van der Waals surface area contributed by atoms with Crippen LogP contribution < -0.4 is 0 Å². The van der Waals surface area contributed by atoms with Crippen LogP contribution >= 0.6 is 15.8 Å². The molecule has 0 unspecified atom stereocenters. The van der Waals surface area contributed by atoms with Crippen molar-refractivity contribution in [2.75, 3.05) is 12.3 Å². The highest BCUT2D eigenvalue weighted by atomic mass is 31.1. The lowest BCUT2D eigenvalue weighted by atomic mass is 9.77. The molecule has 1 aliphatic rings. The van der Waals surface area contributed by atoms with E-state index in [0.717, 1.165) is 0 Å². The predicted molar refractivity (Wildman–Crippen MR) is 128 cm³/mol. The Morgan fingerprint density at radius 3 is 1.00 bits per heavy atom. The van der Waals surface area contributed by atoms with Crippen molar-refractivity contribution in [3.63, 3.8) is 0 Å². The normalized spacial score (nSPS) is 20.1. The van der Waals surface area contributed by atoms with Crippen LogP contribution in [0.1, 0.15) is 115 Å². The van der Waals surface area contributed by atoms with Gasteiger partial charge in [-0.2, -0.15) is 0 Å². The summed E-state index contributed by atoms with van der Waals surface area (Å²) in [5.74, 6) is 0. The summed E-state index contributed by atoms with van der Waals surface area (Å²) >= 11 is 0. The van der Waals surface area contributed by atoms with Crippen LogP contribution in [0.3, 0.4) is 0 Å². The predicted octanol–water partition coefficient (Wildman–Crippen LogP) is 9.09. The van der Waals surface area contributed by atoms with Gasteiger partial charge in [-0.3, -0.25) is 0 Å². The van der Waals surface area contributed by atoms with Crippen LogP contribution in [0.25, 0.3) is 0 Å². The molecule has 0 N–H and O–H groups in total. The van der Waals surface area contributed by atoms with Gasteiger partial charge in [0.1, 0.15) is 0 Å². The van der Waals surface area contributed by atoms with Gasteiger partial charge in [0.15, 0.2) is 0 Å². The number of hydrogen-bond donors (Lipinski definition) is 0. The first-order valence-electron chi connectivity index (χ1n) is 10.9. The zero-order valence-electron chi connectivity index (χ0n) is 20.3. The van der Waals surface area contributed by atoms with Crippen LogP contribution in [0.5, 0.6) is 0 Å². The van der Waals surface area contributed by atoms with Gasteiger partial charge in [0.05, 0.1) is 0 Å². The molecule has 0 radical (unpaired) electrons. The minimum Gasteiger partial charge on any atom is -0.0951 e. The SMILES string of the molecule is CC(C)(C)P(CC1(CP(C(C)(C)C)C(C)(C)C)CCCCC1)C(C)(C)C. The smallest absolute Gasteiger partial charge is 0.0174 e. The topological polar surface area (TPSA) is 0 Å². The van der Waals surface area contributed by atoms with Crippen molar-refractivity contribution in [2.45, 2.75) is 136 Å². The lowest BCUT2D eigenvalue weighted by molar-refractivity contribution is 0.251. The van der Waals surface area contributed by atoms with Crippen LogP contribution in [0, 0.1) is 5.41 Å². The maximum atomic E-state index is 2.51. The number of rotatable bonds is 4. The largest absolute Gasteiger partial charge is 0.0951 e. The van der Waals surface area contributed by atoms with Crippen LogP contribution in [0.2, 0.25) is 0 Å². The molecule has 1 rings (SSSR count). The summed E-state index contributed by atoms with van der Waals surface area (Å²) in [7, 11) is -0.0122. The third kappa shape index (κ3) is 7.03. The fourth-order valence-corrected chi connectivity index (χ4v) is 13.6. The maximum absolute atomic E-state index is 2.51. The fraction of sp³-hybridized carbons (Fsp3) is 1.00. The van der Waals surface area contributed by atoms with E-state index in [2.05, 4.69) is 83.1 Å². The zero-order valence-corrected chi connectivity index (χ0v) is 22.1. The summed E-state index contributed by atoms with van der Waals surface area (Å²) in [6.07, 6.45) is 10.4. The van der Waals surface area contributed by atoms with Crippen molar-refractivity contribution in [1.82, 2.24) is 0 Å². The highest BCUT2D eigenvalue weighted by Gasteiger charge is 2.46. The Morgan fingerprint density at radius 2 is 0.769 bits per heavy atom. The van der Waals surface area contributed by atoms with Gasteiger partial charge in [-0.25, -0.2) is 0 Å². The van der Waals surface area contributed by atoms with E-state index in [4.69, 9.17) is 0 Å². The molecule has 156 valence electrons. The standard InChI is InChI=1S/C24H50P2/c1-20(2,3)25(21(4,5)6)18-24(16-14-13-15-17-24)19-26(22(7,8)9)23(10,11)12/h13-19H2,1-12H3. The quantitative estimate of drug-likeness (QED) is 0.413. The molecule has 0 atom stereocenters. The summed E-state index contributed by atoms with van der Waals surface area (Å²) < 4.78 is 0. The van der Waals surface area contributed by atoms with Gasteiger partial charge in [-0.05, 0) is 51.2 Å². The minimum atomic E-state index is -0.00612. The van der Waals surface area contributed by atoms with Crippen molar-refractivity contribution in [2.24, 2.45) is 5.41 Å². The molecule has 1 aliphatic carbocycles. The Balaban J connectivity index is 3.26. The Labute approximate surface area is 169 Å². The second-order valence-electron chi connectivity index (χ2n) is 12.9. The van der Waals surface area contributed by atoms with Crippen molar-refractivity contribution in [3.05, 3.63) is 0 Å².